The minimum Gasteiger partial charge on any atom is -0.384 e. The van der Waals surface area contributed by atoms with Gasteiger partial charge in [-0.1, -0.05) is 13.8 Å². The molecule has 1 saturated heterocycles. The summed E-state index contributed by atoms with van der Waals surface area (Å²) in [5.74, 6) is 2.79. The van der Waals surface area contributed by atoms with E-state index in [1.807, 2.05) is 0 Å². The first-order valence-corrected chi connectivity index (χ1v) is 7.28. The Bertz CT molecular complexity index is 437. The van der Waals surface area contributed by atoms with Gasteiger partial charge in [0.25, 0.3) is 0 Å². The highest BCUT2D eigenvalue weighted by Crippen LogP contribution is 2.35. The molecule has 1 aromatic heterocycles. The molecule has 1 aromatic rings. The molecule has 4 heteroatoms. The first-order chi connectivity index (χ1) is 8.82. The van der Waals surface area contributed by atoms with Crippen LogP contribution < -0.4 is 5.73 Å². The third kappa shape index (κ3) is 2.78. The molecule has 2 heterocycles. The molecule has 108 valence electrons. The Labute approximate surface area is 116 Å². The van der Waals surface area contributed by atoms with Gasteiger partial charge in [-0.05, 0) is 33.6 Å². The summed E-state index contributed by atoms with van der Waals surface area (Å²) < 4.78 is 7.65. The molecule has 0 bridgehead atoms. The van der Waals surface area contributed by atoms with Gasteiger partial charge in [-0.25, -0.2) is 4.98 Å². The largest absolute Gasteiger partial charge is 0.384 e. The SMILES string of the molecule is CC(C)c1nc(C2CCOCC2)c(N)n1C(C)(C)C. The number of hydrogen-bond donors (Lipinski definition) is 1. The van der Waals surface area contributed by atoms with E-state index in [-0.39, 0.29) is 5.54 Å². The van der Waals surface area contributed by atoms with Crippen LogP contribution in [0.4, 0.5) is 5.82 Å². The fourth-order valence-corrected chi connectivity index (χ4v) is 2.83. The molecule has 2 N–H and O–H groups in total. The first-order valence-electron chi connectivity index (χ1n) is 7.28. The zero-order chi connectivity index (χ0) is 14.2. The third-order valence-electron chi connectivity index (χ3n) is 3.76. The second kappa shape index (κ2) is 5.16. The van der Waals surface area contributed by atoms with E-state index in [4.69, 9.17) is 15.5 Å². The van der Waals surface area contributed by atoms with Gasteiger partial charge in [0.1, 0.15) is 11.6 Å². The first kappa shape index (κ1) is 14.4. The number of anilines is 1. The van der Waals surface area contributed by atoms with Crippen molar-refractivity contribution in [2.75, 3.05) is 18.9 Å². The van der Waals surface area contributed by atoms with Crippen LogP contribution >= 0.6 is 0 Å². The predicted molar refractivity (Wildman–Crippen MR) is 78.5 cm³/mol. The number of imidazole rings is 1. The quantitative estimate of drug-likeness (QED) is 0.893. The van der Waals surface area contributed by atoms with Crippen molar-refractivity contribution in [1.82, 2.24) is 9.55 Å². The normalized spacial score (nSPS) is 18.2. The van der Waals surface area contributed by atoms with Gasteiger partial charge < -0.3 is 15.0 Å². The Morgan fingerprint density at radius 1 is 1.26 bits per heavy atom. The van der Waals surface area contributed by atoms with Crippen LogP contribution in [0.5, 0.6) is 0 Å². The maximum absolute atomic E-state index is 6.42. The van der Waals surface area contributed by atoms with Gasteiger partial charge in [-0.15, -0.1) is 0 Å². The lowest BCUT2D eigenvalue weighted by Gasteiger charge is -2.27. The van der Waals surface area contributed by atoms with Crippen LogP contribution in [0.25, 0.3) is 0 Å². The molecule has 0 amide bonds. The fourth-order valence-electron chi connectivity index (χ4n) is 2.83. The molecule has 0 radical (unpaired) electrons. The summed E-state index contributed by atoms with van der Waals surface area (Å²) in [6.45, 7) is 12.6. The number of ether oxygens (including phenoxy) is 1. The predicted octanol–water partition coefficient (Wildman–Crippen LogP) is 3.24. The van der Waals surface area contributed by atoms with Gasteiger partial charge in [-0.3, -0.25) is 0 Å². The summed E-state index contributed by atoms with van der Waals surface area (Å²) in [6.07, 6.45) is 2.06. The Balaban J connectivity index is 2.46. The Kier molecular flexibility index (Phi) is 3.90. The summed E-state index contributed by atoms with van der Waals surface area (Å²) >= 11 is 0. The lowest BCUT2D eigenvalue weighted by atomic mass is 9.96. The Hall–Kier alpha value is -1.03. The fraction of sp³-hybridized carbons (Fsp3) is 0.800. The maximum Gasteiger partial charge on any atom is 0.127 e. The third-order valence-corrected chi connectivity index (χ3v) is 3.76. The number of nitrogens with two attached hydrogens (primary N) is 1. The van der Waals surface area contributed by atoms with Gasteiger partial charge in [0, 0.05) is 30.6 Å². The number of hydrogen-bond acceptors (Lipinski definition) is 3. The Morgan fingerprint density at radius 3 is 2.26 bits per heavy atom. The number of nitrogens with zero attached hydrogens (tertiary/aromatic N) is 2. The van der Waals surface area contributed by atoms with Crippen molar-refractivity contribution in [3.63, 3.8) is 0 Å². The van der Waals surface area contributed by atoms with Crippen molar-refractivity contribution in [2.24, 2.45) is 0 Å². The molecule has 0 unspecified atom stereocenters. The Morgan fingerprint density at radius 2 is 1.84 bits per heavy atom. The van der Waals surface area contributed by atoms with Crippen molar-refractivity contribution in [2.45, 2.75) is 64.8 Å². The highest BCUT2D eigenvalue weighted by Gasteiger charge is 2.29. The lowest BCUT2D eigenvalue weighted by molar-refractivity contribution is 0.0847. The van der Waals surface area contributed by atoms with E-state index in [9.17, 15) is 0 Å². The average molecular weight is 265 g/mol. The van der Waals surface area contributed by atoms with Crippen molar-refractivity contribution in [3.05, 3.63) is 11.5 Å². The second-order valence-corrected chi connectivity index (χ2v) is 6.79. The summed E-state index contributed by atoms with van der Waals surface area (Å²) in [5.41, 5.74) is 7.48. The van der Waals surface area contributed by atoms with Crippen molar-refractivity contribution >= 4 is 5.82 Å². The number of nitrogen functional groups attached to an aromatic ring is 1. The van der Waals surface area contributed by atoms with Gasteiger partial charge in [0.2, 0.25) is 0 Å². The van der Waals surface area contributed by atoms with Gasteiger partial charge in [0.05, 0.1) is 5.69 Å². The highest BCUT2D eigenvalue weighted by atomic mass is 16.5. The van der Waals surface area contributed by atoms with Crippen LogP contribution in [0, 0.1) is 0 Å². The van der Waals surface area contributed by atoms with Crippen molar-refractivity contribution in [1.29, 1.82) is 0 Å². The van der Waals surface area contributed by atoms with Crippen LogP contribution in [0.1, 0.15) is 70.8 Å². The molecule has 0 aromatic carbocycles. The zero-order valence-corrected chi connectivity index (χ0v) is 12.9. The summed E-state index contributed by atoms with van der Waals surface area (Å²) in [5, 5.41) is 0. The minimum atomic E-state index is -0.0277. The van der Waals surface area contributed by atoms with Crippen molar-refractivity contribution in [3.8, 4) is 0 Å². The van der Waals surface area contributed by atoms with E-state index in [0.717, 1.165) is 43.4 Å². The number of rotatable bonds is 2. The van der Waals surface area contributed by atoms with Gasteiger partial charge in [-0.2, -0.15) is 0 Å². The second-order valence-electron chi connectivity index (χ2n) is 6.79. The number of aromatic nitrogens is 2. The van der Waals surface area contributed by atoms with E-state index >= 15 is 0 Å². The molecule has 2 rings (SSSR count). The molecule has 1 aliphatic rings. The van der Waals surface area contributed by atoms with E-state index in [1.165, 1.54) is 0 Å². The van der Waals surface area contributed by atoms with Crippen LogP contribution in [0.15, 0.2) is 0 Å². The zero-order valence-electron chi connectivity index (χ0n) is 12.9. The maximum atomic E-state index is 6.42. The van der Waals surface area contributed by atoms with E-state index < -0.39 is 0 Å². The monoisotopic (exact) mass is 265 g/mol. The summed E-state index contributed by atoms with van der Waals surface area (Å²) in [6, 6.07) is 0. The van der Waals surface area contributed by atoms with Crippen LogP contribution in [0.2, 0.25) is 0 Å². The minimum absolute atomic E-state index is 0.0277. The molecule has 1 fully saturated rings. The van der Waals surface area contributed by atoms with Crippen molar-refractivity contribution < 1.29 is 4.74 Å². The molecular formula is C15H27N3O. The van der Waals surface area contributed by atoms with E-state index in [1.54, 1.807) is 0 Å². The van der Waals surface area contributed by atoms with E-state index in [0.29, 0.717) is 11.8 Å². The smallest absolute Gasteiger partial charge is 0.127 e. The van der Waals surface area contributed by atoms with Crippen LogP contribution in [-0.2, 0) is 10.3 Å². The molecular weight excluding hydrogens is 238 g/mol. The van der Waals surface area contributed by atoms with Crippen LogP contribution in [0.3, 0.4) is 0 Å². The van der Waals surface area contributed by atoms with E-state index in [2.05, 4.69) is 39.2 Å². The standard InChI is InChI=1S/C15H27N3O/c1-10(2)14-17-12(11-6-8-19-9-7-11)13(16)18(14)15(3,4)5/h10-11H,6-9,16H2,1-5H3. The highest BCUT2D eigenvalue weighted by molar-refractivity contribution is 5.42. The molecule has 0 atom stereocenters. The molecule has 0 spiro atoms. The molecule has 0 aliphatic carbocycles. The topological polar surface area (TPSA) is 53.1 Å². The molecule has 0 saturated carbocycles. The summed E-state index contributed by atoms with van der Waals surface area (Å²) in [7, 11) is 0. The van der Waals surface area contributed by atoms with Gasteiger partial charge in [0.15, 0.2) is 0 Å². The molecule has 19 heavy (non-hydrogen) atoms. The molecule has 4 nitrogen and oxygen atoms in total. The molecule has 1 aliphatic heterocycles. The summed E-state index contributed by atoms with van der Waals surface area (Å²) in [4.78, 5) is 4.88. The van der Waals surface area contributed by atoms with Gasteiger partial charge >= 0.3 is 0 Å². The van der Waals surface area contributed by atoms with Crippen LogP contribution in [-0.4, -0.2) is 22.8 Å². The average Bonchev–Trinajstić information content (AvgIpc) is 2.68. The lowest BCUT2D eigenvalue weighted by Crippen LogP contribution is -2.26.